The minimum Gasteiger partial charge on any atom is -0.383 e. The van der Waals surface area contributed by atoms with E-state index in [9.17, 15) is 13.2 Å². The minimum atomic E-state index is -3.54. The van der Waals surface area contributed by atoms with Gasteiger partial charge in [-0.2, -0.15) is 4.68 Å². The van der Waals surface area contributed by atoms with Gasteiger partial charge in [0.1, 0.15) is 6.33 Å². The molecule has 23 heavy (non-hydrogen) atoms. The van der Waals surface area contributed by atoms with Gasteiger partial charge < -0.3 is 9.64 Å². The Morgan fingerprint density at radius 1 is 1.26 bits per heavy atom. The number of nitrogens with zero attached hydrogens (tertiary/aromatic N) is 4. The number of amides is 1. The molecule has 0 bridgehead atoms. The largest absolute Gasteiger partial charge is 0.383 e. The van der Waals surface area contributed by atoms with E-state index in [4.69, 9.17) is 4.74 Å². The van der Waals surface area contributed by atoms with E-state index in [-0.39, 0.29) is 10.9 Å². The number of rotatable bonds is 10. The normalized spacial score (nSPS) is 11.6. The van der Waals surface area contributed by atoms with Gasteiger partial charge in [0.2, 0.25) is 9.84 Å². The van der Waals surface area contributed by atoms with Crippen LogP contribution in [0.3, 0.4) is 0 Å². The molecule has 0 saturated carbocycles. The molecule has 0 aliphatic heterocycles. The van der Waals surface area contributed by atoms with E-state index in [0.717, 1.165) is 30.3 Å². The van der Waals surface area contributed by atoms with Gasteiger partial charge in [-0.1, -0.05) is 26.7 Å². The van der Waals surface area contributed by atoms with Crippen LogP contribution in [-0.4, -0.2) is 66.7 Å². The topological polar surface area (TPSA) is 94.4 Å². The Kier molecular flexibility index (Phi) is 8.18. The third-order valence-corrected chi connectivity index (χ3v) is 4.86. The molecule has 1 amide bonds. The number of methoxy groups -OCH3 is 1. The van der Waals surface area contributed by atoms with Crippen LogP contribution in [0.5, 0.6) is 0 Å². The first-order valence-corrected chi connectivity index (χ1v) is 9.54. The highest BCUT2D eigenvalue weighted by Gasteiger charge is 2.22. The zero-order chi connectivity index (χ0) is 17.3. The van der Waals surface area contributed by atoms with Crippen LogP contribution < -0.4 is 0 Å². The Balaban J connectivity index is 2.82. The minimum absolute atomic E-state index is 0.00138. The fourth-order valence-electron chi connectivity index (χ4n) is 2.04. The van der Waals surface area contributed by atoms with Crippen LogP contribution in [0, 0.1) is 0 Å². The average molecular weight is 346 g/mol. The highest BCUT2D eigenvalue weighted by atomic mass is 32.2. The lowest BCUT2D eigenvalue weighted by atomic mass is 10.3. The van der Waals surface area contributed by atoms with Gasteiger partial charge >= 0.3 is 6.03 Å². The summed E-state index contributed by atoms with van der Waals surface area (Å²) in [5, 5.41) is 3.57. The zero-order valence-corrected chi connectivity index (χ0v) is 14.9. The fraction of sp³-hybridized carbons (Fsp3) is 0.786. The second-order valence-corrected chi connectivity index (χ2v) is 7.26. The standard InChI is InChI=1S/C14H26N4O4S/c1-4-6-7-11-23(20,21)13-15-12-18(16-13)14(19)17(8-5-2)9-10-22-3/h12H,4-11H2,1-3H3. The van der Waals surface area contributed by atoms with Crippen LogP contribution in [0.1, 0.15) is 39.5 Å². The molecule has 0 aliphatic rings. The van der Waals surface area contributed by atoms with Crippen LogP contribution >= 0.6 is 0 Å². The molecule has 9 heteroatoms. The molecule has 0 atom stereocenters. The van der Waals surface area contributed by atoms with Crippen molar-refractivity contribution in [1.82, 2.24) is 19.7 Å². The van der Waals surface area contributed by atoms with E-state index in [1.165, 1.54) is 0 Å². The number of hydrogen-bond donors (Lipinski definition) is 0. The van der Waals surface area contributed by atoms with Gasteiger partial charge in [0, 0.05) is 20.2 Å². The smallest absolute Gasteiger partial charge is 0.346 e. The first kappa shape index (κ1) is 19.6. The number of unbranched alkanes of at least 4 members (excludes halogenated alkanes) is 2. The molecular formula is C14H26N4O4S. The Hall–Kier alpha value is -1.48. The Bertz CT molecular complexity index is 585. The molecule has 0 spiro atoms. The highest BCUT2D eigenvalue weighted by molar-refractivity contribution is 7.91. The molecule has 1 heterocycles. The van der Waals surface area contributed by atoms with E-state index in [1.54, 1.807) is 12.0 Å². The van der Waals surface area contributed by atoms with Gasteiger partial charge in [0.25, 0.3) is 5.16 Å². The first-order valence-electron chi connectivity index (χ1n) is 7.88. The molecule has 0 unspecified atom stereocenters. The summed E-state index contributed by atoms with van der Waals surface area (Å²) in [5.74, 6) is 0.00138. The van der Waals surface area contributed by atoms with Gasteiger partial charge in [-0.25, -0.2) is 18.2 Å². The van der Waals surface area contributed by atoms with Crippen molar-refractivity contribution in [2.24, 2.45) is 0 Å². The van der Waals surface area contributed by atoms with Gasteiger partial charge in [-0.3, -0.25) is 0 Å². The number of carbonyl (C=O) groups excluding carboxylic acids is 1. The lowest BCUT2D eigenvalue weighted by Gasteiger charge is -2.20. The molecule has 0 saturated heterocycles. The number of hydrogen-bond acceptors (Lipinski definition) is 6. The number of ether oxygens (including phenoxy) is 1. The van der Waals surface area contributed by atoms with E-state index in [0.29, 0.717) is 26.1 Å². The van der Waals surface area contributed by atoms with Crippen molar-refractivity contribution in [2.75, 3.05) is 32.6 Å². The SMILES string of the molecule is CCCCCS(=O)(=O)c1ncn(C(=O)N(CCC)CCOC)n1. The van der Waals surface area contributed by atoms with Crippen LogP contribution in [0.25, 0.3) is 0 Å². The molecule has 1 rings (SSSR count). The summed E-state index contributed by atoms with van der Waals surface area (Å²) in [6.45, 7) is 5.32. The van der Waals surface area contributed by atoms with Crippen molar-refractivity contribution in [2.45, 2.75) is 44.7 Å². The number of carbonyl (C=O) groups is 1. The molecule has 132 valence electrons. The molecule has 1 aromatic heterocycles. The average Bonchev–Trinajstić information content (AvgIpc) is 3.01. The quantitative estimate of drug-likeness (QED) is 0.597. The van der Waals surface area contributed by atoms with Crippen molar-refractivity contribution in [3.05, 3.63) is 6.33 Å². The summed E-state index contributed by atoms with van der Waals surface area (Å²) >= 11 is 0. The Morgan fingerprint density at radius 3 is 2.61 bits per heavy atom. The molecule has 0 fully saturated rings. The third-order valence-electron chi connectivity index (χ3n) is 3.29. The van der Waals surface area contributed by atoms with E-state index >= 15 is 0 Å². The maximum absolute atomic E-state index is 12.4. The van der Waals surface area contributed by atoms with Crippen LogP contribution in [0.15, 0.2) is 11.5 Å². The summed E-state index contributed by atoms with van der Waals surface area (Å²) in [5.41, 5.74) is 0. The van der Waals surface area contributed by atoms with Gasteiger partial charge in [0.05, 0.1) is 12.4 Å². The zero-order valence-electron chi connectivity index (χ0n) is 14.1. The summed E-state index contributed by atoms with van der Waals surface area (Å²) in [4.78, 5) is 17.7. The molecule has 0 aromatic carbocycles. The predicted octanol–water partition coefficient (Wildman–Crippen LogP) is 1.57. The lowest BCUT2D eigenvalue weighted by Crippen LogP contribution is -2.38. The third kappa shape index (κ3) is 5.91. The maximum atomic E-state index is 12.4. The highest BCUT2D eigenvalue weighted by Crippen LogP contribution is 2.08. The van der Waals surface area contributed by atoms with E-state index in [2.05, 4.69) is 10.1 Å². The summed E-state index contributed by atoms with van der Waals surface area (Å²) < 4.78 is 30.2. The van der Waals surface area contributed by atoms with Crippen LogP contribution in [0.2, 0.25) is 0 Å². The lowest BCUT2D eigenvalue weighted by molar-refractivity contribution is 0.148. The summed E-state index contributed by atoms with van der Waals surface area (Å²) in [6, 6.07) is -0.397. The van der Waals surface area contributed by atoms with Gasteiger partial charge in [-0.05, 0) is 12.8 Å². The number of aromatic nitrogens is 3. The van der Waals surface area contributed by atoms with Crippen molar-refractivity contribution >= 4 is 15.9 Å². The fourth-order valence-corrected chi connectivity index (χ4v) is 3.22. The number of sulfone groups is 1. The van der Waals surface area contributed by atoms with Crippen molar-refractivity contribution in [3.8, 4) is 0 Å². The molecular weight excluding hydrogens is 320 g/mol. The summed E-state index contributed by atoms with van der Waals surface area (Å²) in [6.07, 6.45) is 4.27. The van der Waals surface area contributed by atoms with Crippen molar-refractivity contribution < 1.29 is 17.9 Å². The molecule has 1 aromatic rings. The van der Waals surface area contributed by atoms with Crippen LogP contribution in [0.4, 0.5) is 4.79 Å². The first-order chi connectivity index (χ1) is 11.0. The molecule has 0 aliphatic carbocycles. The van der Waals surface area contributed by atoms with Crippen molar-refractivity contribution in [1.29, 1.82) is 0 Å². The van der Waals surface area contributed by atoms with E-state index in [1.807, 2.05) is 13.8 Å². The van der Waals surface area contributed by atoms with Crippen LogP contribution in [-0.2, 0) is 14.6 Å². The Morgan fingerprint density at radius 2 is 2.00 bits per heavy atom. The second-order valence-electron chi connectivity index (χ2n) is 5.26. The second kappa shape index (κ2) is 9.61. The van der Waals surface area contributed by atoms with Crippen molar-refractivity contribution in [3.63, 3.8) is 0 Å². The maximum Gasteiger partial charge on any atom is 0.346 e. The molecule has 8 nitrogen and oxygen atoms in total. The monoisotopic (exact) mass is 346 g/mol. The molecule has 0 N–H and O–H groups in total. The Labute approximate surface area is 137 Å². The molecule has 0 radical (unpaired) electrons. The van der Waals surface area contributed by atoms with Gasteiger partial charge in [0.15, 0.2) is 0 Å². The summed E-state index contributed by atoms with van der Waals surface area (Å²) in [7, 11) is -1.98. The van der Waals surface area contributed by atoms with Gasteiger partial charge in [-0.15, -0.1) is 5.10 Å². The predicted molar refractivity (Wildman–Crippen MR) is 86.1 cm³/mol. The van der Waals surface area contributed by atoms with E-state index < -0.39 is 15.9 Å².